The summed E-state index contributed by atoms with van der Waals surface area (Å²) in [4.78, 5) is 13.3. The summed E-state index contributed by atoms with van der Waals surface area (Å²) in [6.45, 7) is 3.17. The van der Waals surface area contributed by atoms with Crippen LogP contribution in [0.1, 0.15) is 6.92 Å². The van der Waals surface area contributed by atoms with Crippen LogP contribution >= 0.6 is 11.6 Å². The number of benzene rings is 1. The zero-order valence-electron chi connectivity index (χ0n) is 7.88. The molecular weight excluding hydrogens is 200 g/mol. The highest BCUT2D eigenvalue weighted by molar-refractivity contribution is 6.34. The van der Waals surface area contributed by atoms with Gasteiger partial charge in [0.15, 0.2) is 0 Å². The molecule has 14 heavy (non-hydrogen) atoms. The summed E-state index contributed by atoms with van der Waals surface area (Å²) in [5.74, 6) is 0.0154. The summed E-state index contributed by atoms with van der Waals surface area (Å²) >= 11 is 6.07. The maximum atomic E-state index is 11.3. The summed E-state index contributed by atoms with van der Waals surface area (Å²) in [6.07, 6.45) is 0. The number of fused-ring (bicyclic) bond motifs is 1. The van der Waals surface area contributed by atoms with Gasteiger partial charge in [-0.3, -0.25) is 4.79 Å². The van der Waals surface area contributed by atoms with E-state index in [0.717, 1.165) is 17.9 Å². The number of halogens is 1. The molecule has 1 aliphatic heterocycles. The Labute approximate surface area is 87.7 Å². The fraction of sp³-hybridized carbons (Fsp3) is 0.300. The first-order valence-electron chi connectivity index (χ1n) is 4.55. The Bertz CT molecular complexity index is 378. The zero-order valence-corrected chi connectivity index (χ0v) is 8.64. The lowest BCUT2D eigenvalue weighted by atomic mass is 10.2. The second-order valence-electron chi connectivity index (χ2n) is 3.20. The van der Waals surface area contributed by atoms with Crippen LogP contribution in [-0.2, 0) is 4.79 Å². The van der Waals surface area contributed by atoms with Gasteiger partial charge >= 0.3 is 0 Å². The predicted octanol–water partition coefficient (Wildman–Crippen LogP) is 2.12. The molecule has 0 unspecified atom stereocenters. The summed E-state index contributed by atoms with van der Waals surface area (Å²) < 4.78 is 0. The van der Waals surface area contributed by atoms with Gasteiger partial charge in [0, 0.05) is 6.54 Å². The number of rotatable bonds is 1. The lowest BCUT2D eigenvalue weighted by Gasteiger charge is -2.30. The average molecular weight is 211 g/mol. The van der Waals surface area contributed by atoms with Crippen LogP contribution in [0.5, 0.6) is 0 Å². The minimum absolute atomic E-state index is 0.0154. The Morgan fingerprint density at radius 2 is 2.36 bits per heavy atom. The van der Waals surface area contributed by atoms with E-state index in [0.29, 0.717) is 11.6 Å². The zero-order chi connectivity index (χ0) is 10.1. The number of nitrogens with one attached hydrogen (secondary N) is 1. The van der Waals surface area contributed by atoms with Gasteiger partial charge in [0.2, 0.25) is 5.91 Å². The van der Waals surface area contributed by atoms with Crippen molar-refractivity contribution in [3.8, 4) is 0 Å². The van der Waals surface area contributed by atoms with E-state index < -0.39 is 0 Å². The molecule has 0 fully saturated rings. The summed E-state index contributed by atoms with van der Waals surface area (Å²) in [5, 5.41) is 3.48. The molecule has 1 N–H and O–H groups in total. The van der Waals surface area contributed by atoms with E-state index in [4.69, 9.17) is 11.6 Å². The normalized spacial score (nSPS) is 15.0. The van der Waals surface area contributed by atoms with Crippen molar-refractivity contribution in [2.45, 2.75) is 6.92 Å². The Kier molecular flexibility index (Phi) is 2.33. The predicted molar refractivity (Wildman–Crippen MR) is 58.0 cm³/mol. The number of carbonyl (C=O) groups excluding carboxylic acids is 1. The molecule has 3 nitrogen and oxygen atoms in total. The lowest BCUT2D eigenvalue weighted by molar-refractivity contribution is -0.115. The van der Waals surface area contributed by atoms with Crippen molar-refractivity contribution in [2.24, 2.45) is 0 Å². The third-order valence-corrected chi connectivity index (χ3v) is 2.60. The second-order valence-corrected chi connectivity index (χ2v) is 3.61. The molecule has 4 heteroatoms. The number of likely N-dealkylation sites (N-methyl/N-ethyl adjacent to an activating group) is 1. The molecule has 0 saturated heterocycles. The van der Waals surface area contributed by atoms with Crippen LogP contribution in [0.2, 0.25) is 5.02 Å². The van der Waals surface area contributed by atoms with Crippen molar-refractivity contribution in [3.05, 3.63) is 23.2 Å². The van der Waals surface area contributed by atoms with Crippen LogP contribution < -0.4 is 10.2 Å². The number of hydrogen-bond acceptors (Lipinski definition) is 2. The number of hydrogen-bond donors (Lipinski definition) is 1. The van der Waals surface area contributed by atoms with Crippen LogP contribution in [0.15, 0.2) is 18.2 Å². The van der Waals surface area contributed by atoms with Gasteiger partial charge < -0.3 is 10.2 Å². The maximum Gasteiger partial charge on any atom is 0.243 e. The molecule has 1 aromatic carbocycles. The van der Waals surface area contributed by atoms with Crippen LogP contribution in [-0.4, -0.2) is 19.0 Å². The number of para-hydroxylation sites is 1. The molecule has 1 amide bonds. The van der Waals surface area contributed by atoms with Gasteiger partial charge in [0.1, 0.15) is 0 Å². The summed E-state index contributed by atoms with van der Waals surface area (Å²) in [7, 11) is 0. The smallest absolute Gasteiger partial charge is 0.243 e. The van der Waals surface area contributed by atoms with E-state index >= 15 is 0 Å². The van der Waals surface area contributed by atoms with Crippen LogP contribution in [0.25, 0.3) is 0 Å². The molecule has 0 atom stereocenters. The SMILES string of the molecule is CCN1CC(=O)Nc2cccc(Cl)c21. The van der Waals surface area contributed by atoms with E-state index in [9.17, 15) is 4.79 Å². The van der Waals surface area contributed by atoms with Crippen molar-refractivity contribution in [1.29, 1.82) is 0 Å². The number of carbonyl (C=O) groups is 1. The van der Waals surface area contributed by atoms with Crippen molar-refractivity contribution in [1.82, 2.24) is 0 Å². The fourth-order valence-corrected chi connectivity index (χ4v) is 1.94. The van der Waals surface area contributed by atoms with E-state index in [-0.39, 0.29) is 5.91 Å². The van der Waals surface area contributed by atoms with Crippen molar-refractivity contribution in [3.63, 3.8) is 0 Å². The van der Waals surface area contributed by atoms with Crippen LogP contribution in [0.3, 0.4) is 0 Å². The van der Waals surface area contributed by atoms with Gasteiger partial charge in [0.05, 0.1) is 22.9 Å². The highest BCUT2D eigenvalue weighted by Crippen LogP contribution is 2.35. The molecular formula is C10H11ClN2O. The van der Waals surface area contributed by atoms with Crippen molar-refractivity contribution < 1.29 is 4.79 Å². The molecule has 0 aromatic heterocycles. The van der Waals surface area contributed by atoms with E-state index in [2.05, 4.69) is 5.32 Å². The molecule has 0 saturated carbocycles. The highest BCUT2D eigenvalue weighted by atomic mass is 35.5. The first-order chi connectivity index (χ1) is 6.72. The maximum absolute atomic E-state index is 11.3. The topological polar surface area (TPSA) is 32.3 Å². The fourth-order valence-electron chi connectivity index (χ4n) is 1.65. The first-order valence-corrected chi connectivity index (χ1v) is 4.93. The molecule has 0 radical (unpaired) electrons. The van der Waals surface area contributed by atoms with Crippen molar-refractivity contribution >= 4 is 28.9 Å². The average Bonchev–Trinajstić information content (AvgIpc) is 2.16. The molecule has 2 rings (SSSR count). The third kappa shape index (κ3) is 1.44. The number of nitrogens with zero attached hydrogens (tertiary/aromatic N) is 1. The molecule has 0 spiro atoms. The van der Waals surface area contributed by atoms with E-state index in [1.54, 1.807) is 0 Å². The standard InChI is InChI=1S/C10H11ClN2O/c1-2-13-6-9(14)12-8-5-3-4-7(11)10(8)13/h3-5H,2,6H2,1H3,(H,12,14). The van der Waals surface area contributed by atoms with Gasteiger partial charge in [-0.2, -0.15) is 0 Å². The minimum atomic E-state index is 0.0154. The van der Waals surface area contributed by atoms with Gasteiger partial charge in [-0.1, -0.05) is 17.7 Å². The Hall–Kier alpha value is -1.22. The number of amides is 1. The molecule has 1 aromatic rings. The van der Waals surface area contributed by atoms with Crippen molar-refractivity contribution in [2.75, 3.05) is 23.3 Å². The van der Waals surface area contributed by atoms with Gasteiger partial charge in [-0.05, 0) is 19.1 Å². The summed E-state index contributed by atoms with van der Waals surface area (Å²) in [6, 6.07) is 5.53. The molecule has 0 aliphatic carbocycles. The van der Waals surface area contributed by atoms with E-state index in [1.807, 2.05) is 30.0 Å². The quantitative estimate of drug-likeness (QED) is 0.770. The number of anilines is 2. The lowest BCUT2D eigenvalue weighted by Crippen LogP contribution is -2.38. The Morgan fingerprint density at radius 3 is 3.07 bits per heavy atom. The monoisotopic (exact) mass is 210 g/mol. The third-order valence-electron chi connectivity index (χ3n) is 2.29. The van der Waals surface area contributed by atoms with E-state index in [1.165, 1.54) is 0 Å². The summed E-state index contributed by atoms with van der Waals surface area (Å²) in [5.41, 5.74) is 1.73. The molecule has 74 valence electrons. The minimum Gasteiger partial charge on any atom is -0.360 e. The second kappa shape index (κ2) is 3.50. The molecule has 1 heterocycles. The Morgan fingerprint density at radius 1 is 1.57 bits per heavy atom. The van der Waals surface area contributed by atoms with Crippen LogP contribution in [0.4, 0.5) is 11.4 Å². The van der Waals surface area contributed by atoms with Gasteiger partial charge in [0.25, 0.3) is 0 Å². The first kappa shape index (κ1) is 9.34. The van der Waals surface area contributed by atoms with Gasteiger partial charge in [-0.15, -0.1) is 0 Å². The largest absolute Gasteiger partial charge is 0.360 e. The molecule has 0 bridgehead atoms. The highest BCUT2D eigenvalue weighted by Gasteiger charge is 2.22. The Balaban J connectivity index is 2.51. The molecule has 1 aliphatic rings. The van der Waals surface area contributed by atoms with Crippen LogP contribution in [0, 0.1) is 0 Å². The van der Waals surface area contributed by atoms with Gasteiger partial charge in [-0.25, -0.2) is 0 Å².